The summed E-state index contributed by atoms with van der Waals surface area (Å²) >= 11 is 0. The van der Waals surface area contributed by atoms with Gasteiger partial charge in [-0.15, -0.1) is 0 Å². The SMILES string of the molecule is CCOC(=O)C1C(C)=NC(=O)N(C(=O)OC)C1c1cccc([N+](=O)[O-])c1. The van der Waals surface area contributed by atoms with Gasteiger partial charge < -0.3 is 9.47 Å². The molecule has 1 heterocycles. The first-order valence-electron chi connectivity index (χ1n) is 7.69. The van der Waals surface area contributed by atoms with Crippen molar-refractivity contribution in [1.82, 2.24) is 4.90 Å². The van der Waals surface area contributed by atoms with Crippen LogP contribution in [0.1, 0.15) is 25.5 Å². The molecule has 3 amide bonds. The average Bonchev–Trinajstić information content (AvgIpc) is 2.60. The van der Waals surface area contributed by atoms with Crippen LogP contribution >= 0.6 is 0 Å². The smallest absolute Gasteiger partial charge is 0.418 e. The molecule has 2 rings (SSSR count). The minimum absolute atomic E-state index is 0.0798. The third kappa shape index (κ3) is 3.53. The van der Waals surface area contributed by atoms with Crippen LogP contribution in [-0.2, 0) is 14.3 Å². The quantitative estimate of drug-likeness (QED) is 0.456. The second-order valence-corrected chi connectivity index (χ2v) is 5.40. The van der Waals surface area contributed by atoms with Crippen molar-refractivity contribution in [2.45, 2.75) is 19.9 Å². The number of nitro groups is 1. The van der Waals surface area contributed by atoms with Crippen molar-refractivity contribution < 1.29 is 28.8 Å². The molecule has 0 saturated carbocycles. The van der Waals surface area contributed by atoms with E-state index in [1.807, 2.05) is 0 Å². The van der Waals surface area contributed by atoms with Crippen LogP contribution in [0.4, 0.5) is 15.3 Å². The van der Waals surface area contributed by atoms with Crippen LogP contribution in [0.15, 0.2) is 29.3 Å². The molecule has 2 unspecified atom stereocenters. The Morgan fingerprint density at radius 1 is 1.38 bits per heavy atom. The molecule has 0 spiro atoms. The molecular formula is C16H17N3O7. The van der Waals surface area contributed by atoms with Crippen LogP contribution in [-0.4, -0.2) is 47.3 Å². The molecule has 0 saturated heterocycles. The van der Waals surface area contributed by atoms with E-state index in [9.17, 15) is 24.5 Å². The minimum atomic E-state index is -1.17. The van der Waals surface area contributed by atoms with Crippen molar-refractivity contribution in [2.75, 3.05) is 13.7 Å². The van der Waals surface area contributed by atoms with E-state index < -0.39 is 35.0 Å². The Balaban J connectivity index is 2.65. The van der Waals surface area contributed by atoms with Gasteiger partial charge in [0.05, 0.1) is 24.7 Å². The lowest BCUT2D eigenvalue weighted by Gasteiger charge is -2.35. The normalized spacial score (nSPS) is 19.6. The molecule has 0 fully saturated rings. The number of nitrogens with zero attached hydrogens (tertiary/aromatic N) is 3. The van der Waals surface area contributed by atoms with E-state index in [0.717, 1.165) is 7.11 Å². The number of aliphatic imine (C=N–C) groups is 1. The van der Waals surface area contributed by atoms with Crippen LogP contribution in [0.5, 0.6) is 0 Å². The van der Waals surface area contributed by atoms with Gasteiger partial charge in [-0.2, -0.15) is 0 Å². The predicted molar refractivity (Wildman–Crippen MR) is 88.7 cm³/mol. The van der Waals surface area contributed by atoms with Gasteiger partial charge in [0.1, 0.15) is 5.92 Å². The highest BCUT2D eigenvalue weighted by atomic mass is 16.6. The second kappa shape index (κ2) is 7.72. The standard InChI is InChI=1S/C16H17N3O7/c1-4-26-14(20)12-9(2)17-15(21)18(16(22)25-3)13(12)10-6-5-7-11(8-10)19(23)24/h5-8,12-13H,4H2,1-3H3. The molecule has 10 nitrogen and oxygen atoms in total. The topological polar surface area (TPSA) is 128 Å². The van der Waals surface area contributed by atoms with Gasteiger partial charge in [0.15, 0.2) is 0 Å². The van der Waals surface area contributed by atoms with Gasteiger partial charge in [0, 0.05) is 17.8 Å². The van der Waals surface area contributed by atoms with Gasteiger partial charge in [-0.05, 0) is 19.4 Å². The highest BCUT2D eigenvalue weighted by molar-refractivity contribution is 6.11. The van der Waals surface area contributed by atoms with E-state index in [1.165, 1.54) is 31.2 Å². The summed E-state index contributed by atoms with van der Waals surface area (Å²) < 4.78 is 9.66. The monoisotopic (exact) mass is 363 g/mol. The van der Waals surface area contributed by atoms with E-state index in [0.29, 0.717) is 4.90 Å². The maximum Gasteiger partial charge on any atom is 0.418 e. The van der Waals surface area contributed by atoms with E-state index >= 15 is 0 Å². The van der Waals surface area contributed by atoms with Crippen molar-refractivity contribution in [3.63, 3.8) is 0 Å². The number of amides is 3. The van der Waals surface area contributed by atoms with Crippen molar-refractivity contribution in [3.8, 4) is 0 Å². The van der Waals surface area contributed by atoms with Crippen LogP contribution in [0.25, 0.3) is 0 Å². The number of nitro benzene ring substituents is 1. The number of ether oxygens (including phenoxy) is 2. The van der Waals surface area contributed by atoms with Crippen molar-refractivity contribution >= 4 is 29.5 Å². The Bertz CT molecular complexity index is 790. The molecule has 1 aliphatic rings. The molecule has 1 aromatic rings. The molecule has 0 bridgehead atoms. The van der Waals surface area contributed by atoms with Crippen molar-refractivity contribution in [3.05, 3.63) is 39.9 Å². The van der Waals surface area contributed by atoms with Gasteiger partial charge in [-0.3, -0.25) is 14.9 Å². The Morgan fingerprint density at radius 3 is 2.65 bits per heavy atom. The number of urea groups is 1. The fraction of sp³-hybridized carbons (Fsp3) is 0.375. The second-order valence-electron chi connectivity index (χ2n) is 5.40. The van der Waals surface area contributed by atoms with Gasteiger partial charge in [0.25, 0.3) is 5.69 Å². The van der Waals surface area contributed by atoms with Gasteiger partial charge >= 0.3 is 18.1 Å². The molecule has 10 heteroatoms. The molecule has 0 N–H and O–H groups in total. The third-order valence-electron chi connectivity index (χ3n) is 3.86. The number of methoxy groups -OCH3 is 1. The first-order valence-corrected chi connectivity index (χ1v) is 7.69. The lowest BCUT2D eigenvalue weighted by Crippen LogP contribution is -2.49. The molecule has 138 valence electrons. The molecule has 0 aromatic heterocycles. The zero-order chi connectivity index (χ0) is 19.4. The lowest BCUT2D eigenvalue weighted by atomic mass is 9.87. The van der Waals surface area contributed by atoms with E-state index in [4.69, 9.17) is 4.74 Å². The summed E-state index contributed by atoms with van der Waals surface area (Å²) in [7, 11) is 1.07. The first-order chi connectivity index (χ1) is 12.3. The Kier molecular flexibility index (Phi) is 5.65. The number of benzene rings is 1. The van der Waals surface area contributed by atoms with Gasteiger partial charge in [0.2, 0.25) is 0 Å². The number of imide groups is 1. The molecule has 26 heavy (non-hydrogen) atoms. The molecule has 0 radical (unpaired) electrons. The van der Waals surface area contributed by atoms with Crippen LogP contribution in [0.2, 0.25) is 0 Å². The average molecular weight is 363 g/mol. The highest BCUT2D eigenvalue weighted by Crippen LogP contribution is 2.36. The van der Waals surface area contributed by atoms with Crippen molar-refractivity contribution in [1.29, 1.82) is 0 Å². The number of carbonyl (C=O) groups excluding carboxylic acids is 3. The Labute approximate surface area is 148 Å². The molecule has 0 aliphatic carbocycles. The van der Waals surface area contributed by atoms with Crippen LogP contribution in [0.3, 0.4) is 0 Å². The number of non-ortho nitro benzene ring substituents is 1. The maximum absolute atomic E-state index is 12.4. The summed E-state index contributed by atoms with van der Waals surface area (Å²) in [5, 5.41) is 11.1. The summed E-state index contributed by atoms with van der Waals surface area (Å²) in [5.41, 5.74) is 0.109. The van der Waals surface area contributed by atoms with Crippen LogP contribution < -0.4 is 0 Å². The zero-order valence-corrected chi connectivity index (χ0v) is 14.4. The summed E-state index contributed by atoms with van der Waals surface area (Å²) in [6, 6.07) is 3.23. The summed E-state index contributed by atoms with van der Waals surface area (Å²) in [6.45, 7) is 3.15. The van der Waals surface area contributed by atoms with Gasteiger partial charge in [-0.25, -0.2) is 19.5 Å². The minimum Gasteiger partial charge on any atom is -0.465 e. The zero-order valence-electron chi connectivity index (χ0n) is 14.4. The van der Waals surface area contributed by atoms with Crippen LogP contribution in [0, 0.1) is 16.0 Å². The molecule has 1 aromatic carbocycles. The Morgan fingerprint density at radius 2 is 2.08 bits per heavy atom. The van der Waals surface area contributed by atoms with E-state index in [2.05, 4.69) is 9.73 Å². The summed E-state index contributed by atoms with van der Waals surface area (Å²) in [4.78, 5) is 51.7. The number of rotatable bonds is 4. The fourth-order valence-corrected chi connectivity index (χ4v) is 2.76. The molecular weight excluding hydrogens is 346 g/mol. The number of hydrogen-bond acceptors (Lipinski definition) is 7. The Hall–Kier alpha value is -3.30. The number of esters is 1. The van der Waals surface area contributed by atoms with E-state index in [1.54, 1.807) is 6.92 Å². The van der Waals surface area contributed by atoms with E-state index in [-0.39, 0.29) is 23.6 Å². The lowest BCUT2D eigenvalue weighted by molar-refractivity contribution is -0.385. The summed E-state index contributed by atoms with van der Waals surface area (Å²) in [6.07, 6.45) is -1.03. The number of hydrogen-bond donors (Lipinski definition) is 0. The highest BCUT2D eigenvalue weighted by Gasteiger charge is 2.46. The third-order valence-corrected chi connectivity index (χ3v) is 3.86. The van der Waals surface area contributed by atoms with Gasteiger partial charge in [-0.1, -0.05) is 12.1 Å². The number of carbonyl (C=O) groups is 3. The largest absolute Gasteiger partial charge is 0.465 e. The maximum atomic E-state index is 12.4. The van der Waals surface area contributed by atoms with Crippen molar-refractivity contribution in [2.24, 2.45) is 10.9 Å². The fourth-order valence-electron chi connectivity index (χ4n) is 2.76. The summed E-state index contributed by atoms with van der Waals surface area (Å²) in [5.74, 6) is -1.81. The molecule has 1 aliphatic heterocycles. The first kappa shape index (κ1) is 19.0. The molecule has 2 atom stereocenters. The predicted octanol–water partition coefficient (Wildman–Crippen LogP) is 2.48.